The van der Waals surface area contributed by atoms with Crippen molar-refractivity contribution in [2.75, 3.05) is 0 Å². The first-order chi connectivity index (χ1) is 8.16. The van der Waals surface area contributed by atoms with E-state index in [2.05, 4.69) is 4.98 Å². The quantitative estimate of drug-likeness (QED) is 0.905. The van der Waals surface area contributed by atoms with Crippen LogP contribution in [0.25, 0.3) is 0 Å². The van der Waals surface area contributed by atoms with Crippen LogP contribution in [-0.4, -0.2) is 4.98 Å². The summed E-state index contributed by atoms with van der Waals surface area (Å²) in [5.74, 6) is -0.231. The van der Waals surface area contributed by atoms with Crippen LogP contribution in [0.15, 0.2) is 52.5 Å². The van der Waals surface area contributed by atoms with Gasteiger partial charge in [0, 0.05) is 17.1 Å². The topological polar surface area (TPSA) is 38.9 Å². The van der Waals surface area contributed by atoms with E-state index in [4.69, 9.17) is 5.73 Å². The maximum absolute atomic E-state index is 13.5. The molecule has 1 unspecified atom stereocenters. The normalized spacial score (nSPS) is 12.4. The molecule has 0 saturated heterocycles. The summed E-state index contributed by atoms with van der Waals surface area (Å²) >= 11 is 1.30. The first-order valence-corrected chi connectivity index (χ1v) is 6.12. The van der Waals surface area contributed by atoms with E-state index in [-0.39, 0.29) is 11.9 Å². The van der Waals surface area contributed by atoms with Crippen molar-refractivity contribution >= 4 is 11.8 Å². The maximum atomic E-state index is 13.5. The fourth-order valence-corrected chi connectivity index (χ4v) is 2.25. The third-order valence-electron chi connectivity index (χ3n) is 2.34. The smallest absolute Gasteiger partial charge is 0.137 e. The molecule has 1 heterocycles. The summed E-state index contributed by atoms with van der Waals surface area (Å²) in [5, 5.41) is 0.755. The monoisotopic (exact) mass is 248 g/mol. The molecule has 88 valence electrons. The van der Waals surface area contributed by atoms with E-state index in [9.17, 15) is 4.39 Å². The first kappa shape index (κ1) is 12.1. The molecule has 0 spiro atoms. The Bertz CT molecular complexity index is 514. The molecule has 2 nitrogen and oxygen atoms in total. The van der Waals surface area contributed by atoms with Gasteiger partial charge in [-0.15, -0.1) is 0 Å². The van der Waals surface area contributed by atoms with Crippen LogP contribution >= 0.6 is 11.8 Å². The Morgan fingerprint density at radius 1 is 1.29 bits per heavy atom. The van der Waals surface area contributed by atoms with Crippen molar-refractivity contribution < 1.29 is 4.39 Å². The summed E-state index contributed by atoms with van der Waals surface area (Å²) < 4.78 is 13.5. The summed E-state index contributed by atoms with van der Waals surface area (Å²) in [6.45, 7) is 1.91. The summed E-state index contributed by atoms with van der Waals surface area (Å²) in [5.41, 5.74) is 6.79. The van der Waals surface area contributed by atoms with Crippen molar-refractivity contribution in [3.8, 4) is 0 Å². The maximum Gasteiger partial charge on any atom is 0.137 e. The van der Waals surface area contributed by atoms with Gasteiger partial charge in [-0.2, -0.15) is 0 Å². The van der Waals surface area contributed by atoms with Crippen LogP contribution in [0.1, 0.15) is 18.5 Å². The summed E-state index contributed by atoms with van der Waals surface area (Å²) in [6, 6.07) is 10.4. The zero-order valence-electron chi connectivity index (χ0n) is 9.43. The second-order valence-electron chi connectivity index (χ2n) is 3.75. The van der Waals surface area contributed by atoms with Gasteiger partial charge < -0.3 is 5.73 Å². The lowest BCUT2D eigenvalue weighted by Crippen LogP contribution is -2.04. The Kier molecular flexibility index (Phi) is 3.76. The Morgan fingerprint density at radius 2 is 2.06 bits per heavy atom. The van der Waals surface area contributed by atoms with Gasteiger partial charge in [0.1, 0.15) is 10.8 Å². The van der Waals surface area contributed by atoms with Crippen LogP contribution in [-0.2, 0) is 0 Å². The van der Waals surface area contributed by atoms with Crippen molar-refractivity contribution in [3.63, 3.8) is 0 Å². The lowest BCUT2D eigenvalue weighted by molar-refractivity contribution is 0.602. The largest absolute Gasteiger partial charge is 0.324 e. The Morgan fingerprint density at radius 3 is 2.76 bits per heavy atom. The van der Waals surface area contributed by atoms with Crippen LogP contribution in [0, 0.1) is 5.82 Å². The van der Waals surface area contributed by atoms with Gasteiger partial charge in [0.05, 0.1) is 0 Å². The number of hydrogen-bond donors (Lipinski definition) is 1. The third-order valence-corrected chi connectivity index (χ3v) is 3.32. The van der Waals surface area contributed by atoms with Gasteiger partial charge >= 0.3 is 0 Å². The molecular weight excluding hydrogens is 235 g/mol. The van der Waals surface area contributed by atoms with Gasteiger partial charge in [-0.1, -0.05) is 23.9 Å². The number of nitrogens with zero attached hydrogens (tertiary/aromatic N) is 1. The molecule has 2 aromatic rings. The second-order valence-corrected chi connectivity index (χ2v) is 4.81. The predicted molar refractivity (Wildman–Crippen MR) is 67.4 cm³/mol. The second kappa shape index (κ2) is 5.29. The lowest BCUT2D eigenvalue weighted by atomic mass is 10.1. The molecule has 2 rings (SSSR count). The van der Waals surface area contributed by atoms with Crippen LogP contribution in [0.3, 0.4) is 0 Å². The summed E-state index contributed by atoms with van der Waals surface area (Å²) in [4.78, 5) is 4.77. The molecule has 0 fully saturated rings. The summed E-state index contributed by atoms with van der Waals surface area (Å²) in [6.07, 6.45) is 1.70. The van der Waals surface area contributed by atoms with Gasteiger partial charge in [-0.3, -0.25) is 0 Å². The number of aromatic nitrogens is 1. The van der Waals surface area contributed by atoms with E-state index in [1.807, 2.05) is 19.1 Å². The molecule has 0 aliphatic carbocycles. The molecule has 17 heavy (non-hydrogen) atoms. The van der Waals surface area contributed by atoms with Crippen LogP contribution < -0.4 is 5.73 Å². The van der Waals surface area contributed by atoms with E-state index in [0.717, 1.165) is 10.6 Å². The zero-order chi connectivity index (χ0) is 12.3. The molecule has 0 bridgehead atoms. The molecule has 2 N–H and O–H groups in total. The lowest BCUT2D eigenvalue weighted by Gasteiger charge is -2.07. The fraction of sp³-hybridized carbons (Fsp3) is 0.154. The molecular formula is C13H13FN2S. The number of rotatable bonds is 3. The number of nitrogens with two attached hydrogens (primary N) is 1. The molecule has 0 aliphatic heterocycles. The van der Waals surface area contributed by atoms with E-state index in [1.165, 1.54) is 17.8 Å². The number of pyridine rings is 1. The SMILES string of the molecule is CC(N)c1ccnc(Sc2ccccc2F)c1. The molecule has 0 amide bonds. The van der Waals surface area contributed by atoms with Gasteiger partial charge in [0.15, 0.2) is 0 Å². The highest BCUT2D eigenvalue weighted by atomic mass is 32.2. The van der Waals surface area contributed by atoms with E-state index in [0.29, 0.717) is 4.90 Å². The van der Waals surface area contributed by atoms with Crippen molar-refractivity contribution in [1.82, 2.24) is 4.98 Å². The molecule has 0 saturated carbocycles. The number of halogens is 1. The Hall–Kier alpha value is -1.39. The van der Waals surface area contributed by atoms with Gasteiger partial charge in [-0.25, -0.2) is 9.37 Å². The zero-order valence-corrected chi connectivity index (χ0v) is 10.2. The van der Waals surface area contributed by atoms with Gasteiger partial charge in [-0.05, 0) is 36.8 Å². The molecule has 1 aromatic heterocycles. The van der Waals surface area contributed by atoms with Crippen LogP contribution in [0.5, 0.6) is 0 Å². The number of benzene rings is 1. The molecule has 4 heteroatoms. The van der Waals surface area contributed by atoms with Crippen LogP contribution in [0.4, 0.5) is 4.39 Å². The number of hydrogen-bond acceptors (Lipinski definition) is 3. The fourth-order valence-electron chi connectivity index (χ4n) is 1.40. The Balaban J connectivity index is 2.25. The van der Waals surface area contributed by atoms with Crippen molar-refractivity contribution in [3.05, 3.63) is 54.0 Å². The highest BCUT2D eigenvalue weighted by Gasteiger charge is 2.06. The Labute approximate surface area is 104 Å². The minimum atomic E-state index is -0.231. The molecule has 0 aliphatic rings. The van der Waals surface area contributed by atoms with Crippen molar-refractivity contribution in [2.45, 2.75) is 22.9 Å². The average molecular weight is 248 g/mol. The third kappa shape index (κ3) is 3.05. The predicted octanol–water partition coefficient (Wildman–Crippen LogP) is 3.39. The highest BCUT2D eigenvalue weighted by Crippen LogP contribution is 2.29. The van der Waals surface area contributed by atoms with Crippen molar-refractivity contribution in [2.24, 2.45) is 5.73 Å². The van der Waals surface area contributed by atoms with E-state index in [1.54, 1.807) is 24.4 Å². The minimum absolute atomic E-state index is 0.0435. The van der Waals surface area contributed by atoms with E-state index >= 15 is 0 Å². The first-order valence-electron chi connectivity index (χ1n) is 5.31. The molecule has 0 radical (unpaired) electrons. The molecule has 1 aromatic carbocycles. The van der Waals surface area contributed by atoms with Gasteiger partial charge in [0.25, 0.3) is 0 Å². The van der Waals surface area contributed by atoms with Crippen LogP contribution in [0.2, 0.25) is 0 Å². The minimum Gasteiger partial charge on any atom is -0.324 e. The summed E-state index contributed by atoms with van der Waals surface area (Å²) in [7, 11) is 0. The van der Waals surface area contributed by atoms with E-state index < -0.39 is 0 Å². The molecule has 1 atom stereocenters. The standard InChI is InChI=1S/C13H13FN2S/c1-9(15)10-6-7-16-13(8-10)17-12-5-3-2-4-11(12)14/h2-9H,15H2,1H3. The van der Waals surface area contributed by atoms with Gasteiger partial charge in [0.2, 0.25) is 0 Å². The average Bonchev–Trinajstić information content (AvgIpc) is 2.32. The van der Waals surface area contributed by atoms with Crippen molar-refractivity contribution in [1.29, 1.82) is 0 Å². The highest BCUT2D eigenvalue weighted by molar-refractivity contribution is 7.99.